The van der Waals surface area contributed by atoms with Crippen molar-refractivity contribution in [2.75, 3.05) is 0 Å². The van der Waals surface area contributed by atoms with E-state index in [-0.39, 0.29) is 76.7 Å². The molecule has 0 unspecified atom stereocenters. The van der Waals surface area contributed by atoms with E-state index in [1.165, 1.54) is 19.1 Å². The third kappa shape index (κ3) is 3.85. The Morgan fingerprint density at radius 1 is 0.438 bits per heavy atom. The minimum absolute atomic E-state index is 0.0308. The number of furan rings is 1. The van der Waals surface area contributed by atoms with Gasteiger partial charge in [0.1, 0.15) is 11.2 Å². The number of rotatable bonds is 3. The molecule has 1 aromatic heterocycles. The van der Waals surface area contributed by atoms with Gasteiger partial charge in [0.25, 0.3) is 0 Å². The highest BCUT2D eigenvalue weighted by Crippen LogP contribution is 2.49. The maximum Gasteiger partial charge on any atom is 0.143 e. The first-order valence-corrected chi connectivity index (χ1v) is 14.9. The molecule has 9 aromatic carbocycles. The average molecular weight is 632 g/mol. The minimum atomic E-state index is -0.823. The molecule has 0 amide bonds. The quantitative estimate of drug-likeness (QED) is 0.140. The van der Waals surface area contributed by atoms with Crippen LogP contribution in [-0.2, 0) is 0 Å². The molecule has 10 aromatic rings. The zero-order chi connectivity index (χ0) is 50.0. The molecule has 0 N–H and O–H groups in total. The summed E-state index contributed by atoms with van der Waals surface area (Å²) in [6.07, 6.45) is 0. The lowest BCUT2D eigenvalue weighted by molar-refractivity contribution is 0.670. The van der Waals surface area contributed by atoms with Gasteiger partial charge in [0.05, 0.1) is 28.8 Å². The van der Waals surface area contributed by atoms with Gasteiger partial charge in [0.15, 0.2) is 0 Å². The van der Waals surface area contributed by atoms with Crippen LogP contribution >= 0.6 is 0 Å². The van der Waals surface area contributed by atoms with Crippen molar-refractivity contribution in [1.82, 2.24) is 0 Å². The van der Waals surface area contributed by atoms with Crippen molar-refractivity contribution in [3.63, 3.8) is 0 Å². The van der Waals surface area contributed by atoms with Gasteiger partial charge in [-0.25, -0.2) is 0 Å². The lowest BCUT2D eigenvalue weighted by Crippen LogP contribution is -1.93. The van der Waals surface area contributed by atoms with Crippen LogP contribution in [0.15, 0.2) is 168 Å². The Morgan fingerprint density at radius 3 is 1.69 bits per heavy atom. The fourth-order valence-electron chi connectivity index (χ4n) is 6.70. The van der Waals surface area contributed by atoms with E-state index in [0.717, 1.165) is 0 Å². The third-order valence-electron chi connectivity index (χ3n) is 8.69. The lowest BCUT2D eigenvalue weighted by atomic mass is 9.83. The molecule has 0 bridgehead atoms. The number of fused-ring (bicyclic) bond motifs is 8. The molecule has 0 atom stereocenters. The summed E-state index contributed by atoms with van der Waals surface area (Å²) in [6.45, 7) is 1.39. The predicted octanol–water partition coefficient (Wildman–Crippen LogP) is 13.5. The van der Waals surface area contributed by atoms with Crippen LogP contribution in [0.3, 0.4) is 0 Å². The first-order chi connectivity index (χ1) is 32.5. The normalized spacial score (nSPS) is 18.0. The maximum atomic E-state index is 9.63. The molecule has 0 aliphatic rings. The average Bonchev–Trinajstić information content (AvgIpc) is 3.73. The van der Waals surface area contributed by atoms with Gasteiger partial charge in [-0.3, -0.25) is 0 Å². The maximum absolute atomic E-state index is 9.63. The van der Waals surface area contributed by atoms with Crippen molar-refractivity contribution < 1.29 is 33.2 Å². The van der Waals surface area contributed by atoms with E-state index in [2.05, 4.69) is 0 Å². The van der Waals surface area contributed by atoms with E-state index in [4.69, 9.17) is 22.2 Å². The van der Waals surface area contributed by atoms with Gasteiger partial charge in [0.2, 0.25) is 0 Å². The zero-order valence-corrected chi connectivity index (χ0v) is 24.9. The van der Waals surface area contributed by atoms with Gasteiger partial charge in [-0.15, -0.1) is 0 Å². The Labute approximate surface area is 307 Å². The third-order valence-corrected chi connectivity index (χ3v) is 8.69. The molecule has 1 nitrogen and oxygen atoms in total. The van der Waals surface area contributed by atoms with Crippen LogP contribution in [-0.4, -0.2) is 0 Å². The van der Waals surface area contributed by atoms with Crippen LogP contribution in [0.4, 0.5) is 0 Å². The van der Waals surface area contributed by atoms with Crippen LogP contribution in [0.5, 0.6) is 0 Å². The van der Waals surface area contributed by atoms with Crippen molar-refractivity contribution in [1.29, 1.82) is 0 Å². The zero-order valence-electron chi connectivity index (χ0n) is 45.9. The Morgan fingerprint density at radius 2 is 0.979 bits per heavy atom. The predicted molar refractivity (Wildman–Crippen MR) is 205 cm³/mol. The van der Waals surface area contributed by atoms with E-state index in [9.17, 15) is 11.0 Å². The molecule has 1 heterocycles. The van der Waals surface area contributed by atoms with E-state index in [1.54, 1.807) is 24.3 Å². The van der Waals surface area contributed by atoms with E-state index in [0.29, 0.717) is 5.39 Å². The monoisotopic (exact) mass is 631 g/mol. The minimum Gasteiger partial charge on any atom is -0.455 e. The Kier molecular flexibility index (Phi) is 2.93. The van der Waals surface area contributed by atoms with Gasteiger partial charge in [-0.2, -0.15) is 0 Å². The van der Waals surface area contributed by atoms with Crippen LogP contribution in [0.2, 0.25) is 0 Å². The molecule has 0 saturated heterocycles. The van der Waals surface area contributed by atoms with Crippen molar-refractivity contribution in [2.45, 2.75) is 6.92 Å². The van der Waals surface area contributed by atoms with Crippen LogP contribution < -0.4 is 0 Å². The Balaban J connectivity index is 1.53. The summed E-state index contributed by atoms with van der Waals surface area (Å²) in [7, 11) is 0. The molecule has 0 radical (unpaired) electrons. The molecule has 0 fully saturated rings. The second kappa shape index (κ2) is 10.4. The van der Waals surface area contributed by atoms with E-state index >= 15 is 0 Å². The smallest absolute Gasteiger partial charge is 0.143 e. The van der Waals surface area contributed by atoms with E-state index in [1.807, 2.05) is 0 Å². The summed E-state index contributed by atoms with van der Waals surface area (Å²) in [6, 6.07) is -5.08. The topological polar surface area (TPSA) is 13.1 Å². The largest absolute Gasteiger partial charge is 0.455 e. The number of para-hydroxylation sites is 1. The summed E-state index contributed by atoms with van der Waals surface area (Å²) >= 11 is 0. The highest BCUT2D eigenvalue weighted by Gasteiger charge is 2.23. The van der Waals surface area contributed by atoms with Gasteiger partial charge in [-0.1, -0.05) is 151 Å². The van der Waals surface area contributed by atoms with Crippen molar-refractivity contribution >= 4 is 65.0 Å². The summed E-state index contributed by atoms with van der Waals surface area (Å²) in [5, 5.41) is -2.17. The highest BCUT2D eigenvalue weighted by molar-refractivity contribution is 6.28. The fraction of sp³-hybridized carbons (Fsp3) is 0.0213. The van der Waals surface area contributed by atoms with Gasteiger partial charge in [0, 0.05) is 16.3 Å². The van der Waals surface area contributed by atoms with Gasteiger partial charge in [-0.05, 0) is 95.5 Å². The summed E-state index contributed by atoms with van der Waals surface area (Å²) in [5.41, 5.74) is -1.10. The standard InChI is InChI=1S/C47H30O/c1-29-28-42-34(33-17-6-5-16-31(29)33)23-13-24-39(42)44-35-18-7-9-20-37(35)45(38-21-10-8-19-36(38)44)41-27-26-32(30-14-3-2-4-15-30)47-46(41)40-22-11-12-25-43(40)48-47/h2-28H,1H3/i2D,3D,4D,5D,6D,7D,8D,9D,10D,13D,14D,15D,16D,17D,18D,19D,20D,21D,23D,24D,28D. The van der Waals surface area contributed by atoms with Gasteiger partial charge >= 0.3 is 0 Å². The van der Waals surface area contributed by atoms with Crippen LogP contribution in [0.25, 0.3) is 98.4 Å². The first-order valence-electron chi connectivity index (χ1n) is 25.4. The van der Waals surface area contributed by atoms with Crippen molar-refractivity contribution in [3.8, 4) is 33.4 Å². The van der Waals surface area contributed by atoms with Crippen molar-refractivity contribution in [3.05, 3.63) is 169 Å². The first kappa shape index (κ1) is 13.5. The molecule has 10 rings (SSSR count). The molecule has 48 heavy (non-hydrogen) atoms. The second-order valence-corrected chi connectivity index (χ2v) is 11.2. The number of benzene rings is 9. The molecular formula is C47H30O. The molecule has 224 valence electrons. The highest BCUT2D eigenvalue weighted by atomic mass is 16.3. The Bertz CT molecular complexity index is 3990. The number of hydrogen-bond donors (Lipinski definition) is 0. The van der Waals surface area contributed by atoms with Gasteiger partial charge < -0.3 is 4.42 Å². The SMILES string of the molecule is [2H]c1c([2H])c([2H])c(-c2ccc(-c3c4c([2H])c([2H])c([2H])c([2H])c4c(-c4c([2H])c([2H])c([2H])c5c4c([2H])c(C)c4c([2H])c([2H])c([2H])c([2H])c45)c4c([2H])c([2H])c([2H])c([2H])c34)c3c2oc2ccccc23)c([2H])c1[2H]. The summed E-state index contributed by atoms with van der Waals surface area (Å²) < 4.78 is 196. The van der Waals surface area contributed by atoms with E-state index < -0.39 is 149 Å². The Hall–Kier alpha value is -6.18. The number of aryl methyl sites for hydroxylation is 1. The summed E-state index contributed by atoms with van der Waals surface area (Å²) in [4.78, 5) is 0. The van der Waals surface area contributed by atoms with Crippen molar-refractivity contribution in [2.24, 2.45) is 0 Å². The number of hydrogen-bond acceptors (Lipinski definition) is 1. The molecule has 0 spiro atoms. The molecular weight excluding hydrogens is 581 g/mol. The molecule has 0 saturated carbocycles. The summed E-state index contributed by atoms with van der Waals surface area (Å²) in [5.74, 6) is 0. The fourth-order valence-corrected chi connectivity index (χ4v) is 6.70. The molecule has 0 aliphatic carbocycles. The molecule has 0 aliphatic heterocycles. The van der Waals surface area contributed by atoms with Crippen LogP contribution in [0.1, 0.15) is 34.3 Å². The molecule has 1 heteroatoms. The van der Waals surface area contributed by atoms with Crippen LogP contribution in [0, 0.1) is 6.92 Å². The second-order valence-electron chi connectivity index (χ2n) is 11.2. The lowest BCUT2D eigenvalue weighted by Gasteiger charge is -2.20.